The van der Waals surface area contributed by atoms with Gasteiger partial charge < -0.3 is 10.5 Å². The first-order chi connectivity index (χ1) is 9.54. The molecule has 2 N–H and O–H groups in total. The van der Waals surface area contributed by atoms with Gasteiger partial charge in [-0.1, -0.05) is 0 Å². The van der Waals surface area contributed by atoms with E-state index in [0.29, 0.717) is 5.69 Å². The van der Waals surface area contributed by atoms with Gasteiger partial charge in [0.15, 0.2) is 0 Å². The Labute approximate surface area is 113 Å². The standard InChI is InChI=1S/C12H12N4O4/c1-2-20-12(17)10-7-14-15(11(10)13)8-3-5-9(6-4-8)16(18)19/h3-7H,2,13H2,1H3. The summed E-state index contributed by atoms with van der Waals surface area (Å²) >= 11 is 0. The number of hydrogen-bond donors (Lipinski definition) is 1. The van der Waals surface area contributed by atoms with E-state index in [4.69, 9.17) is 10.5 Å². The number of nitrogens with two attached hydrogens (primary N) is 1. The molecule has 2 rings (SSSR count). The van der Waals surface area contributed by atoms with Gasteiger partial charge in [-0.3, -0.25) is 10.1 Å². The van der Waals surface area contributed by atoms with Gasteiger partial charge in [0.1, 0.15) is 11.4 Å². The molecule has 0 spiro atoms. The molecular weight excluding hydrogens is 264 g/mol. The lowest BCUT2D eigenvalue weighted by Gasteiger charge is -2.04. The van der Waals surface area contributed by atoms with Crippen LogP contribution in [-0.4, -0.2) is 27.3 Å². The van der Waals surface area contributed by atoms with Gasteiger partial charge >= 0.3 is 5.97 Å². The summed E-state index contributed by atoms with van der Waals surface area (Å²) in [6.45, 7) is 1.93. The number of nitrogen functional groups attached to an aromatic ring is 1. The third-order valence-corrected chi connectivity index (χ3v) is 2.61. The molecule has 0 aliphatic rings. The van der Waals surface area contributed by atoms with Crippen LogP contribution in [0.15, 0.2) is 30.5 Å². The molecule has 8 nitrogen and oxygen atoms in total. The minimum atomic E-state index is -0.557. The van der Waals surface area contributed by atoms with Crippen molar-refractivity contribution in [2.24, 2.45) is 0 Å². The summed E-state index contributed by atoms with van der Waals surface area (Å²) in [5, 5.41) is 14.6. The second kappa shape index (κ2) is 5.39. The lowest BCUT2D eigenvalue weighted by molar-refractivity contribution is -0.384. The number of nitrogens with zero attached hydrogens (tertiary/aromatic N) is 3. The minimum absolute atomic E-state index is 0.0370. The maximum atomic E-state index is 11.6. The van der Waals surface area contributed by atoms with E-state index in [2.05, 4.69) is 5.10 Å². The highest BCUT2D eigenvalue weighted by atomic mass is 16.6. The Morgan fingerprint density at radius 2 is 2.10 bits per heavy atom. The summed E-state index contributed by atoms with van der Waals surface area (Å²) in [5.41, 5.74) is 6.47. The molecule has 2 aromatic rings. The van der Waals surface area contributed by atoms with Crippen LogP contribution in [0.1, 0.15) is 17.3 Å². The lowest BCUT2D eigenvalue weighted by Crippen LogP contribution is -2.08. The second-order valence-corrected chi connectivity index (χ2v) is 3.85. The Kier molecular flexibility index (Phi) is 3.65. The van der Waals surface area contributed by atoms with E-state index < -0.39 is 10.9 Å². The number of ether oxygens (including phenoxy) is 1. The van der Waals surface area contributed by atoms with Crippen LogP contribution in [0, 0.1) is 10.1 Å². The zero-order chi connectivity index (χ0) is 14.7. The topological polar surface area (TPSA) is 113 Å². The zero-order valence-corrected chi connectivity index (χ0v) is 10.6. The lowest BCUT2D eigenvalue weighted by atomic mass is 10.3. The Bertz CT molecular complexity index is 648. The number of anilines is 1. The molecule has 0 atom stereocenters. The van der Waals surface area contributed by atoms with E-state index in [1.54, 1.807) is 6.92 Å². The summed E-state index contributed by atoms with van der Waals surface area (Å²) in [5.74, 6) is -0.435. The molecule has 1 aromatic carbocycles. The molecule has 0 aliphatic heterocycles. The maximum Gasteiger partial charge on any atom is 0.343 e. The van der Waals surface area contributed by atoms with Crippen LogP contribution in [0.25, 0.3) is 5.69 Å². The summed E-state index contributed by atoms with van der Waals surface area (Å²) in [7, 11) is 0. The van der Waals surface area contributed by atoms with E-state index in [1.165, 1.54) is 35.1 Å². The van der Waals surface area contributed by atoms with E-state index in [1.807, 2.05) is 0 Å². The first kappa shape index (κ1) is 13.5. The van der Waals surface area contributed by atoms with Crippen LogP contribution in [0.2, 0.25) is 0 Å². The average Bonchev–Trinajstić information content (AvgIpc) is 2.81. The number of nitro benzene ring substituents is 1. The van der Waals surface area contributed by atoms with Crippen molar-refractivity contribution in [3.8, 4) is 5.69 Å². The summed E-state index contributed by atoms with van der Waals surface area (Å²) < 4.78 is 6.16. The van der Waals surface area contributed by atoms with Crippen molar-refractivity contribution in [3.05, 3.63) is 46.1 Å². The zero-order valence-electron chi connectivity index (χ0n) is 10.6. The van der Waals surface area contributed by atoms with Crippen molar-refractivity contribution in [1.29, 1.82) is 0 Å². The van der Waals surface area contributed by atoms with E-state index >= 15 is 0 Å². The first-order valence-electron chi connectivity index (χ1n) is 5.80. The van der Waals surface area contributed by atoms with Crippen LogP contribution in [0.3, 0.4) is 0 Å². The Morgan fingerprint density at radius 1 is 1.45 bits per heavy atom. The van der Waals surface area contributed by atoms with Gasteiger partial charge in [-0.2, -0.15) is 5.10 Å². The Hall–Kier alpha value is -2.90. The minimum Gasteiger partial charge on any atom is -0.462 e. The SMILES string of the molecule is CCOC(=O)c1cnn(-c2ccc([N+](=O)[O-])cc2)c1N. The number of rotatable bonds is 4. The molecule has 0 amide bonds. The van der Waals surface area contributed by atoms with Gasteiger partial charge in [0.2, 0.25) is 0 Å². The van der Waals surface area contributed by atoms with Crippen molar-refractivity contribution >= 4 is 17.5 Å². The van der Waals surface area contributed by atoms with Gasteiger partial charge in [-0.25, -0.2) is 9.48 Å². The number of carbonyl (C=O) groups excluding carboxylic acids is 1. The van der Waals surface area contributed by atoms with Crippen LogP contribution >= 0.6 is 0 Å². The predicted molar refractivity (Wildman–Crippen MR) is 70.6 cm³/mol. The van der Waals surface area contributed by atoms with Crippen molar-refractivity contribution < 1.29 is 14.5 Å². The van der Waals surface area contributed by atoms with Crippen LogP contribution in [0.5, 0.6) is 0 Å². The van der Waals surface area contributed by atoms with Gasteiger partial charge in [-0.15, -0.1) is 0 Å². The maximum absolute atomic E-state index is 11.6. The highest BCUT2D eigenvalue weighted by Gasteiger charge is 2.17. The third-order valence-electron chi connectivity index (χ3n) is 2.61. The molecule has 8 heteroatoms. The van der Waals surface area contributed by atoms with Gasteiger partial charge in [0.25, 0.3) is 5.69 Å². The number of benzene rings is 1. The third kappa shape index (κ3) is 2.44. The molecule has 0 unspecified atom stereocenters. The largest absolute Gasteiger partial charge is 0.462 e. The van der Waals surface area contributed by atoms with Crippen molar-refractivity contribution in [1.82, 2.24) is 9.78 Å². The first-order valence-corrected chi connectivity index (χ1v) is 5.80. The highest BCUT2D eigenvalue weighted by molar-refractivity contribution is 5.94. The molecule has 0 fully saturated rings. The molecular formula is C12H12N4O4. The van der Waals surface area contributed by atoms with Crippen molar-refractivity contribution in [3.63, 3.8) is 0 Å². The molecule has 0 saturated heterocycles. The van der Waals surface area contributed by atoms with Crippen molar-refractivity contribution in [2.75, 3.05) is 12.3 Å². The number of carbonyl (C=O) groups is 1. The fourth-order valence-corrected chi connectivity index (χ4v) is 1.65. The summed E-state index contributed by atoms with van der Waals surface area (Å²) in [6.07, 6.45) is 1.30. The smallest absolute Gasteiger partial charge is 0.343 e. The number of nitro groups is 1. The summed E-state index contributed by atoms with van der Waals surface area (Å²) in [6, 6.07) is 5.66. The molecule has 1 heterocycles. The quantitative estimate of drug-likeness (QED) is 0.514. The Morgan fingerprint density at radius 3 is 2.65 bits per heavy atom. The molecule has 0 saturated carbocycles. The molecule has 104 valence electrons. The summed E-state index contributed by atoms with van der Waals surface area (Å²) in [4.78, 5) is 21.7. The molecule has 0 aliphatic carbocycles. The predicted octanol–water partition coefficient (Wildman–Crippen LogP) is 1.54. The van der Waals surface area contributed by atoms with Gasteiger partial charge in [0, 0.05) is 12.1 Å². The second-order valence-electron chi connectivity index (χ2n) is 3.85. The van der Waals surface area contributed by atoms with Crippen LogP contribution < -0.4 is 5.73 Å². The average molecular weight is 276 g/mol. The monoisotopic (exact) mass is 276 g/mol. The highest BCUT2D eigenvalue weighted by Crippen LogP contribution is 2.20. The van der Waals surface area contributed by atoms with Gasteiger partial charge in [-0.05, 0) is 19.1 Å². The number of non-ortho nitro benzene ring substituents is 1. The fraction of sp³-hybridized carbons (Fsp3) is 0.167. The normalized spacial score (nSPS) is 10.2. The number of hydrogen-bond acceptors (Lipinski definition) is 6. The van der Waals surface area contributed by atoms with Crippen LogP contribution in [0.4, 0.5) is 11.5 Å². The van der Waals surface area contributed by atoms with Crippen LogP contribution in [-0.2, 0) is 4.74 Å². The molecule has 0 radical (unpaired) electrons. The van der Waals surface area contributed by atoms with Crippen molar-refractivity contribution in [2.45, 2.75) is 6.92 Å². The fourth-order valence-electron chi connectivity index (χ4n) is 1.65. The van der Waals surface area contributed by atoms with E-state index in [9.17, 15) is 14.9 Å². The number of aromatic nitrogens is 2. The van der Waals surface area contributed by atoms with Gasteiger partial charge in [0.05, 0.1) is 23.4 Å². The van der Waals surface area contributed by atoms with E-state index in [-0.39, 0.29) is 23.7 Å². The molecule has 0 bridgehead atoms. The van der Waals surface area contributed by atoms with E-state index in [0.717, 1.165) is 0 Å². The Balaban J connectivity index is 2.34. The molecule has 1 aromatic heterocycles. The molecule has 20 heavy (non-hydrogen) atoms. The number of esters is 1.